The lowest BCUT2D eigenvalue weighted by atomic mass is 9.67. The van der Waals surface area contributed by atoms with Crippen LogP contribution in [0.1, 0.15) is 51.5 Å². The molecule has 5 nitrogen and oxygen atoms in total. The van der Waals surface area contributed by atoms with Crippen molar-refractivity contribution in [3.05, 3.63) is 35.9 Å². The van der Waals surface area contributed by atoms with Crippen LogP contribution in [-0.2, 0) is 11.3 Å². The van der Waals surface area contributed by atoms with E-state index in [2.05, 4.69) is 59.7 Å². The van der Waals surface area contributed by atoms with E-state index < -0.39 is 0 Å². The first kappa shape index (κ1) is 21.1. The van der Waals surface area contributed by atoms with E-state index in [9.17, 15) is 0 Å². The van der Waals surface area contributed by atoms with E-state index in [0.717, 1.165) is 51.6 Å². The van der Waals surface area contributed by atoms with Gasteiger partial charge < -0.3 is 15.4 Å². The van der Waals surface area contributed by atoms with Crippen molar-refractivity contribution in [1.82, 2.24) is 15.5 Å². The van der Waals surface area contributed by atoms with Gasteiger partial charge in [-0.05, 0) is 50.5 Å². The van der Waals surface area contributed by atoms with E-state index in [-0.39, 0.29) is 0 Å². The van der Waals surface area contributed by atoms with Crippen LogP contribution < -0.4 is 10.6 Å². The number of likely N-dealkylation sites (tertiary alicyclic amines) is 1. The maximum atomic E-state index is 5.32. The molecule has 0 radical (unpaired) electrons. The monoisotopic (exact) mass is 386 g/mol. The number of methoxy groups -OCH3 is 1. The van der Waals surface area contributed by atoms with Crippen molar-refractivity contribution in [2.75, 3.05) is 33.4 Å². The molecule has 1 heterocycles. The summed E-state index contributed by atoms with van der Waals surface area (Å²) in [6.45, 7) is 9.20. The van der Waals surface area contributed by atoms with Gasteiger partial charge in [-0.3, -0.25) is 9.89 Å². The van der Waals surface area contributed by atoms with Gasteiger partial charge in [-0.2, -0.15) is 0 Å². The van der Waals surface area contributed by atoms with Crippen LogP contribution in [0.4, 0.5) is 0 Å². The van der Waals surface area contributed by atoms with Crippen molar-refractivity contribution in [3.8, 4) is 0 Å². The summed E-state index contributed by atoms with van der Waals surface area (Å²) in [5.74, 6) is 0.977. The zero-order chi connectivity index (χ0) is 19.8. The molecule has 1 aromatic carbocycles. The van der Waals surface area contributed by atoms with Crippen LogP contribution in [0.3, 0.4) is 0 Å². The average Bonchev–Trinajstić information content (AvgIpc) is 3.00. The lowest BCUT2D eigenvalue weighted by Gasteiger charge is -2.41. The molecule has 1 saturated heterocycles. The molecular formula is C23H38N4O. The zero-order valence-corrected chi connectivity index (χ0v) is 17.9. The maximum Gasteiger partial charge on any atom is 0.191 e. The Labute approximate surface area is 170 Å². The fraction of sp³-hybridized carbons (Fsp3) is 0.696. The van der Waals surface area contributed by atoms with Crippen molar-refractivity contribution >= 4 is 5.96 Å². The summed E-state index contributed by atoms with van der Waals surface area (Å²) in [5, 5.41) is 7.16. The third-order valence-electron chi connectivity index (χ3n) is 6.44. The van der Waals surface area contributed by atoms with E-state index in [0.29, 0.717) is 17.5 Å². The number of guanidine groups is 1. The Balaban J connectivity index is 1.55. The molecule has 1 aliphatic heterocycles. The molecule has 2 aliphatic rings. The van der Waals surface area contributed by atoms with Gasteiger partial charge in [0.1, 0.15) is 0 Å². The van der Waals surface area contributed by atoms with Crippen LogP contribution in [0.25, 0.3) is 0 Å². The smallest absolute Gasteiger partial charge is 0.191 e. The van der Waals surface area contributed by atoms with Gasteiger partial charge in [-0.15, -0.1) is 0 Å². The predicted octanol–water partition coefficient (Wildman–Crippen LogP) is 3.41. The van der Waals surface area contributed by atoms with Gasteiger partial charge in [0.05, 0.1) is 0 Å². The van der Waals surface area contributed by atoms with Crippen LogP contribution in [0.15, 0.2) is 35.3 Å². The Morgan fingerprint density at radius 1 is 1.29 bits per heavy atom. The van der Waals surface area contributed by atoms with Gasteiger partial charge in [-0.1, -0.05) is 36.8 Å². The second-order valence-electron chi connectivity index (χ2n) is 8.63. The predicted molar refractivity (Wildman–Crippen MR) is 117 cm³/mol. The number of rotatable bonds is 9. The SMILES string of the molecule is CCNC(=NCC1(CCOC)CCC1)NC1CC(C)N(Cc2ccccc2)C1. The molecule has 2 unspecified atom stereocenters. The molecule has 1 saturated carbocycles. The van der Waals surface area contributed by atoms with Crippen molar-refractivity contribution in [1.29, 1.82) is 0 Å². The highest BCUT2D eigenvalue weighted by Gasteiger charge is 2.36. The molecule has 0 aromatic heterocycles. The molecule has 2 N–H and O–H groups in total. The van der Waals surface area contributed by atoms with Gasteiger partial charge in [0.2, 0.25) is 0 Å². The number of nitrogens with one attached hydrogen (secondary N) is 2. The molecule has 2 fully saturated rings. The Morgan fingerprint density at radius 2 is 2.07 bits per heavy atom. The standard InChI is InChI=1S/C23H38N4O/c1-4-24-22(25-18-23(11-8-12-23)13-14-28-3)26-21-15-19(2)27(17-21)16-20-9-6-5-7-10-20/h5-7,9-10,19,21H,4,8,11-18H2,1-3H3,(H2,24,25,26). The summed E-state index contributed by atoms with van der Waals surface area (Å²) in [4.78, 5) is 7.55. The van der Waals surface area contributed by atoms with Crippen LogP contribution in [0, 0.1) is 5.41 Å². The summed E-state index contributed by atoms with van der Waals surface area (Å²) < 4.78 is 5.32. The Kier molecular flexibility index (Phi) is 7.74. The summed E-state index contributed by atoms with van der Waals surface area (Å²) >= 11 is 0. The first-order chi connectivity index (χ1) is 13.6. The van der Waals surface area contributed by atoms with Gasteiger partial charge in [-0.25, -0.2) is 0 Å². The Bertz CT molecular complexity index is 614. The topological polar surface area (TPSA) is 48.9 Å². The molecule has 28 heavy (non-hydrogen) atoms. The molecule has 0 bridgehead atoms. The Hall–Kier alpha value is -1.59. The van der Waals surface area contributed by atoms with E-state index in [4.69, 9.17) is 9.73 Å². The van der Waals surface area contributed by atoms with Crippen molar-refractivity contribution < 1.29 is 4.74 Å². The van der Waals surface area contributed by atoms with Gasteiger partial charge >= 0.3 is 0 Å². The fourth-order valence-corrected chi connectivity index (χ4v) is 4.48. The van der Waals surface area contributed by atoms with Gasteiger partial charge in [0.15, 0.2) is 5.96 Å². The van der Waals surface area contributed by atoms with Gasteiger partial charge in [0, 0.05) is 52.0 Å². The number of hydrogen-bond donors (Lipinski definition) is 2. The third kappa shape index (κ3) is 5.71. The fourth-order valence-electron chi connectivity index (χ4n) is 4.48. The summed E-state index contributed by atoms with van der Waals surface area (Å²) in [6.07, 6.45) is 6.18. The minimum absolute atomic E-state index is 0.362. The van der Waals surface area contributed by atoms with Crippen LogP contribution in [-0.4, -0.2) is 56.3 Å². The summed E-state index contributed by atoms with van der Waals surface area (Å²) in [7, 11) is 1.80. The zero-order valence-electron chi connectivity index (χ0n) is 17.9. The third-order valence-corrected chi connectivity index (χ3v) is 6.44. The minimum Gasteiger partial charge on any atom is -0.385 e. The molecule has 0 spiro atoms. The van der Waals surface area contributed by atoms with Crippen molar-refractivity contribution in [2.45, 2.75) is 64.6 Å². The second kappa shape index (κ2) is 10.3. The summed E-state index contributed by atoms with van der Waals surface area (Å²) in [6, 6.07) is 11.8. The first-order valence-electron chi connectivity index (χ1n) is 11.0. The number of aliphatic imine (C=N–C) groups is 1. The second-order valence-corrected chi connectivity index (χ2v) is 8.63. The lowest BCUT2D eigenvalue weighted by Crippen LogP contribution is -2.45. The molecular weight excluding hydrogens is 348 g/mol. The normalized spacial score (nSPS) is 24.8. The highest BCUT2D eigenvalue weighted by atomic mass is 16.5. The number of ether oxygens (including phenoxy) is 1. The van der Waals surface area contributed by atoms with E-state index in [1.807, 2.05) is 0 Å². The molecule has 156 valence electrons. The molecule has 0 amide bonds. The molecule has 1 aliphatic carbocycles. The maximum absolute atomic E-state index is 5.32. The van der Waals surface area contributed by atoms with Crippen LogP contribution >= 0.6 is 0 Å². The number of hydrogen-bond acceptors (Lipinski definition) is 3. The highest BCUT2D eigenvalue weighted by molar-refractivity contribution is 5.80. The highest BCUT2D eigenvalue weighted by Crippen LogP contribution is 2.44. The first-order valence-corrected chi connectivity index (χ1v) is 11.0. The largest absolute Gasteiger partial charge is 0.385 e. The van der Waals surface area contributed by atoms with Gasteiger partial charge in [0.25, 0.3) is 0 Å². The summed E-state index contributed by atoms with van der Waals surface area (Å²) in [5.41, 5.74) is 1.75. The van der Waals surface area contributed by atoms with E-state index in [1.165, 1.54) is 24.8 Å². The lowest BCUT2D eigenvalue weighted by molar-refractivity contribution is 0.0778. The number of nitrogens with zero attached hydrogens (tertiary/aromatic N) is 2. The van der Waals surface area contributed by atoms with Crippen LogP contribution in [0.2, 0.25) is 0 Å². The van der Waals surface area contributed by atoms with Crippen LogP contribution in [0.5, 0.6) is 0 Å². The average molecular weight is 387 g/mol. The molecule has 3 rings (SSSR count). The molecule has 2 atom stereocenters. The van der Waals surface area contributed by atoms with Crippen molar-refractivity contribution in [2.24, 2.45) is 10.4 Å². The quantitative estimate of drug-likeness (QED) is 0.504. The molecule has 1 aromatic rings. The number of benzene rings is 1. The van der Waals surface area contributed by atoms with E-state index >= 15 is 0 Å². The molecule has 5 heteroatoms. The Morgan fingerprint density at radius 3 is 2.71 bits per heavy atom. The minimum atomic E-state index is 0.362. The van der Waals surface area contributed by atoms with Crippen molar-refractivity contribution in [3.63, 3.8) is 0 Å². The van der Waals surface area contributed by atoms with E-state index in [1.54, 1.807) is 7.11 Å².